The first-order chi connectivity index (χ1) is 7.72. The molecule has 2 aliphatic rings. The second-order valence-electron chi connectivity index (χ2n) is 4.22. The zero-order valence-electron chi connectivity index (χ0n) is 9.79. The monoisotopic (exact) mass is 215 g/mol. The van der Waals surface area contributed by atoms with Crippen molar-refractivity contribution in [2.45, 2.75) is 20.3 Å². The highest BCUT2D eigenvalue weighted by atomic mass is 16.1. The van der Waals surface area contributed by atoms with E-state index in [-0.39, 0.29) is 5.91 Å². The molecule has 1 N–H and O–H groups in total. The molecule has 0 radical (unpaired) electrons. The number of likely N-dealkylation sites (N-methyl/N-ethyl adjacent to an activating group) is 1. The maximum absolute atomic E-state index is 11.7. The SMILES string of the molecule is CCNC(=O)C1=CC[C@@H]2C(C)=CC=CC2=C1. The molecule has 0 aromatic rings. The molecular weight excluding hydrogens is 198 g/mol. The number of hydrogen-bond donors (Lipinski definition) is 1. The van der Waals surface area contributed by atoms with E-state index in [9.17, 15) is 4.79 Å². The Morgan fingerprint density at radius 2 is 2.38 bits per heavy atom. The molecule has 2 aliphatic carbocycles. The lowest BCUT2D eigenvalue weighted by Gasteiger charge is -2.24. The topological polar surface area (TPSA) is 29.1 Å². The molecule has 84 valence electrons. The summed E-state index contributed by atoms with van der Waals surface area (Å²) >= 11 is 0. The van der Waals surface area contributed by atoms with Gasteiger partial charge in [0.15, 0.2) is 0 Å². The van der Waals surface area contributed by atoms with Gasteiger partial charge in [0.05, 0.1) is 0 Å². The molecule has 0 saturated heterocycles. The Morgan fingerprint density at radius 1 is 1.56 bits per heavy atom. The van der Waals surface area contributed by atoms with Crippen molar-refractivity contribution in [3.63, 3.8) is 0 Å². The van der Waals surface area contributed by atoms with E-state index < -0.39 is 0 Å². The predicted molar refractivity (Wildman–Crippen MR) is 65.9 cm³/mol. The quantitative estimate of drug-likeness (QED) is 0.753. The van der Waals surface area contributed by atoms with E-state index in [1.807, 2.05) is 19.1 Å². The van der Waals surface area contributed by atoms with Gasteiger partial charge in [0, 0.05) is 18.0 Å². The molecule has 0 aromatic carbocycles. The lowest BCUT2D eigenvalue weighted by Crippen LogP contribution is -2.25. The van der Waals surface area contributed by atoms with Gasteiger partial charge in [-0.3, -0.25) is 4.79 Å². The summed E-state index contributed by atoms with van der Waals surface area (Å²) in [6.07, 6.45) is 11.3. The van der Waals surface area contributed by atoms with Crippen LogP contribution >= 0.6 is 0 Å². The minimum atomic E-state index is 0.0362. The van der Waals surface area contributed by atoms with Gasteiger partial charge in [-0.1, -0.05) is 29.9 Å². The summed E-state index contributed by atoms with van der Waals surface area (Å²) in [5.74, 6) is 0.511. The fourth-order valence-electron chi connectivity index (χ4n) is 2.18. The molecule has 2 rings (SSSR count). The zero-order valence-corrected chi connectivity index (χ0v) is 9.79. The number of carbonyl (C=O) groups is 1. The number of hydrogen-bond acceptors (Lipinski definition) is 1. The maximum atomic E-state index is 11.7. The Bertz CT molecular complexity index is 424. The molecular formula is C14H17NO. The van der Waals surface area contributed by atoms with Crippen LogP contribution in [0.15, 0.2) is 47.1 Å². The van der Waals surface area contributed by atoms with E-state index in [0.29, 0.717) is 12.5 Å². The molecule has 1 atom stereocenters. The normalized spacial score (nSPS) is 22.9. The van der Waals surface area contributed by atoms with Crippen molar-refractivity contribution in [1.82, 2.24) is 5.32 Å². The highest BCUT2D eigenvalue weighted by Gasteiger charge is 2.21. The number of rotatable bonds is 2. The van der Waals surface area contributed by atoms with Crippen molar-refractivity contribution >= 4 is 5.91 Å². The van der Waals surface area contributed by atoms with Gasteiger partial charge >= 0.3 is 0 Å². The lowest BCUT2D eigenvalue weighted by molar-refractivity contribution is -0.117. The summed E-state index contributed by atoms with van der Waals surface area (Å²) in [5.41, 5.74) is 3.43. The summed E-state index contributed by atoms with van der Waals surface area (Å²) in [5, 5.41) is 2.83. The van der Waals surface area contributed by atoms with Gasteiger partial charge in [0.2, 0.25) is 0 Å². The van der Waals surface area contributed by atoms with Crippen LogP contribution in [-0.4, -0.2) is 12.5 Å². The summed E-state index contributed by atoms with van der Waals surface area (Å²) in [7, 11) is 0. The van der Waals surface area contributed by atoms with Crippen LogP contribution in [0, 0.1) is 5.92 Å². The lowest BCUT2D eigenvalue weighted by atomic mass is 9.81. The van der Waals surface area contributed by atoms with Gasteiger partial charge in [0.25, 0.3) is 5.91 Å². The first kappa shape index (κ1) is 10.9. The standard InChI is InChI=1S/C14H17NO/c1-3-15-14(16)12-7-8-13-10(2)5-4-6-11(13)9-12/h4-7,9,13H,3,8H2,1-2H3,(H,15,16)/t13-/m1/s1. The van der Waals surface area contributed by atoms with Gasteiger partial charge in [-0.15, -0.1) is 0 Å². The highest BCUT2D eigenvalue weighted by molar-refractivity contribution is 5.96. The molecule has 0 saturated carbocycles. The molecule has 0 unspecified atom stereocenters. The van der Waals surface area contributed by atoms with Crippen LogP contribution in [0.1, 0.15) is 20.3 Å². The molecule has 0 bridgehead atoms. The zero-order chi connectivity index (χ0) is 11.5. The number of carbonyl (C=O) groups excluding carboxylic acids is 1. The second kappa shape index (κ2) is 4.52. The van der Waals surface area contributed by atoms with Crippen LogP contribution in [0.4, 0.5) is 0 Å². The first-order valence-electron chi connectivity index (χ1n) is 5.77. The number of fused-ring (bicyclic) bond motifs is 1. The summed E-state index contributed by atoms with van der Waals surface area (Å²) in [4.78, 5) is 11.7. The smallest absolute Gasteiger partial charge is 0.250 e. The minimum Gasteiger partial charge on any atom is -0.352 e. The summed E-state index contributed by atoms with van der Waals surface area (Å²) in [6.45, 7) is 4.76. The fourth-order valence-corrected chi connectivity index (χ4v) is 2.18. The average Bonchev–Trinajstić information content (AvgIpc) is 2.29. The van der Waals surface area contributed by atoms with Crippen LogP contribution in [0.25, 0.3) is 0 Å². The van der Waals surface area contributed by atoms with Gasteiger partial charge in [0.1, 0.15) is 0 Å². The Balaban J connectivity index is 2.19. The molecule has 1 amide bonds. The fraction of sp³-hybridized carbons (Fsp3) is 0.357. The summed E-state index contributed by atoms with van der Waals surface area (Å²) < 4.78 is 0. The van der Waals surface area contributed by atoms with Gasteiger partial charge < -0.3 is 5.32 Å². The molecule has 2 heteroatoms. The first-order valence-corrected chi connectivity index (χ1v) is 5.77. The number of amides is 1. The van der Waals surface area contributed by atoms with Crippen LogP contribution in [0.3, 0.4) is 0 Å². The van der Waals surface area contributed by atoms with E-state index in [1.165, 1.54) is 11.1 Å². The van der Waals surface area contributed by atoms with E-state index in [2.05, 4.69) is 30.5 Å². The molecule has 2 nitrogen and oxygen atoms in total. The largest absolute Gasteiger partial charge is 0.352 e. The summed E-state index contributed by atoms with van der Waals surface area (Å²) in [6, 6.07) is 0. The average molecular weight is 215 g/mol. The van der Waals surface area contributed by atoms with Gasteiger partial charge in [-0.2, -0.15) is 0 Å². The Kier molecular flexibility index (Phi) is 3.09. The van der Waals surface area contributed by atoms with Crippen molar-refractivity contribution in [2.24, 2.45) is 5.92 Å². The van der Waals surface area contributed by atoms with Crippen molar-refractivity contribution in [3.05, 3.63) is 47.1 Å². The maximum Gasteiger partial charge on any atom is 0.250 e. The van der Waals surface area contributed by atoms with E-state index >= 15 is 0 Å². The molecule has 0 heterocycles. The second-order valence-corrected chi connectivity index (χ2v) is 4.22. The van der Waals surface area contributed by atoms with Crippen molar-refractivity contribution in [3.8, 4) is 0 Å². The molecule has 0 fully saturated rings. The Morgan fingerprint density at radius 3 is 3.12 bits per heavy atom. The van der Waals surface area contributed by atoms with Crippen molar-refractivity contribution in [2.75, 3.05) is 6.54 Å². The Labute approximate surface area is 96.4 Å². The van der Waals surface area contributed by atoms with Crippen LogP contribution < -0.4 is 5.32 Å². The third-order valence-corrected chi connectivity index (χ3v) is 3.09. The number of allylic oxidation sites excluding steroid dienone is 6. The molecule has 0 aliphatic heterocycles. The van der Waals surface area contributed by atoms with E-state index in [1.54, 1.807) is 0 Å². The molecule has 16 heavy (non-hydrogen) atoms. The Hall–Kier alpha value is -1.57. The van der Waals surface area contributed by atoms with Gasteiger partial charge in [-0.25, -0.2) is 0 Å². The predicted octanol–water partition coefficient (Wildman–Crippen LogP) is 2.51. The van der Waals surface area contributed by atoms with E-state index in [4.69, 9.17) is 0 Å². The van der Waals surface area contributed by atoms with Crippen LogP contribution in [0.2, 0.25) is 0 Å². The highest BCUT2D eigenvalue weighted by Crippen LogP contribution is 2.33. The van der Waals surface area contributed by atoms with Gasteiger partial charge in [-0.05, 0) is 31.9 Å². The van der Waals surface area contributed by atoms with E-state index in [0.717, 1.165) is 12.0 Å². The van der Waals surface area contributed by atoms with Crippen molar-refractivity contribution < 1.29 is 4.79 Å². The van der Waals surface area contributed by atoms with Crippen LogP contribution in [0.5, 0.6) is 0 Å². The minimum absolute atomic E-state index is 0.0362. The third kappa shape index (κ3) is 2.01. The third-order valence-electron chi connectivity index (χ3n) is 3.09. The number of nitrogens with one attached hydrogen (secondary N) is 1. The molecule has 0 aromatic heterocycles. The molecule has 0 spiro atoms. The van der Waals surface area contributed by atoms with Crippen LogP contribution in [-0.2, 0) is 4.79 Å². The van der Waals surface area contributed by atoms with Crippen molar-refractivity contribution in [1.29, 1.82) is 0 Å².